The number of nitrogens with zero attached hydrogens (tertiary/aromatic N) is 4. The van der Waals surface area contributed by atoms with E-state index in [1.54, 1.807) is 19.5 Å². The molecule has 2 N–H and O–H groups in total. The minimum atomic E-state index is -0.902. The minimum Gasteiger partial charge on any atom is -0.495 e. The van der Waals surface area contributed by atoms with E-state index in [9.17, 15) is 0 Å². The number of pyridine rings is 3. The number of methoxy groups -OCH3 is 1. The zero-order valence-electron chi connectivity index (χ0n) is 21.8. The lowest BCUT2D eigenvalue weighted by molar-refractivity contribution is 0.164. The van der Waals surface area contributed by atoms with Crippen molar-refractivity contribution in [3.8, 4) is 17.2 Å². The van der Waals surface area contributed by atoms with Gasteiger partial charge in [0.05, 0.1) is 43.4 Å². The Bertz CT molecular complexity index is 1730. The average Bonchev–Trinajstić information content (AvgIpc) is 2.98. The summed E-state index contributed by atoms with van der Waals surface area (Å²) in [5, 5.41) is 1.41. The Morgan fingerprint density at radius 3 is 2.90 bits per heavy atom. The van der Waals surface area contributed by atoms with Gasteiger partial charge in [0.25, 0.3) is 5.95 Å². The van der Waals surface area contributed by atoms with Crippen molar-refractivity contribution in [1.29, 1.82) is 0 Å². The topological polar surface area (TPSA) is 105 Å². The number of nitrogens with two attached hydrogens (primary N) is 1. The quantitative estimate of drug-likeness (QED) is 0.335. The van der Waals surface area contributed by atoms with Crippen LogP contribution in [-0.2, 0) is 16.7 Å². The van der Waals surface area contributed by atoms with Crippen molar-refractivity contribution >= 4 is 33.4 Å². The van der Waals surface area contributed by atoms with Crippen LogP contribution < -0.4 is 15.2 Å². The lowest BCUT2D eigenvalue weighted by atomic mass is 9.77. The van der Waals surface area contributed by atoms with Gasteiger partial charge in [0.15, 0.2) is 10.9 Å². The number of benzene rings is 1. The molecule has 0 radical (unpaired) electrons. The second-order valence-corrected chi connectivity index (χ2v) is 11.1. The molecule has 0 fully saturated rings. The molecule has 3 aromatic heterocycles. The molecule has 7 rings (SSSR count). The van der Waals surface area contributed by atoms with Gasteiger partial charge >= 0.3 is 0 Å². The maximum Gasteiger partial charge on any atom is 0.256 e. The van der Waals surface area contributed by atoms with Gasteiger partial charge in [-0.2, -0.15) is 4.39 Å². The first-order valence-corrected chi connectivity index (χ1v) is 14.1. The van der Waals surface area contributed by atoms with Gasteiger partial charge in [0, 0.05) is 34.9 Å². The first kappa shape index (κ1) is 25.0. The van der Waals surface area contributed by atoms with Crippen molar-refractivity contribution in [1.82, 2.24) is 15.0 Å². The summed E-state index contributed by atoms with van der Waals surface area (Å²) in [6.07, 6.45) is 7.47. The Balaban J connectivity index is 1.35. The van der Waals surface area contributed by atoms with Crippen LogP contribution in [0.1, 0.15) is 40.9 Å². The largest absolute Gasteiger partial charge is 0.495 e. The number of aliphatic imine (C=N–C) groups is 1. The number of amidine groups is 1. The van der Waals surface area contributed by atoms with Crippen LogP contribution in [0.25, 0.3) is 16.5 Å². The molecule has 3 aliphatic heterocycles. The van der Waals surface area contributed by atoms with E-state index in [1.165, 1.54) is 11.8 Å². The summed E-state index contributed by atoms with van der Waals surface area (Å²) in [6, 6.07) is 11.7. The predicted octanol–water partition coefficient (Wildman–Crippen LogP) is 5.37. The molecule has 10 heteroatoms. The summed E-state index contributed by atoms with van der Waals surface area (Å²) in [6.45, 7) is 1.03. The van der Waals surface area contributed by atoms with Gasteiger partial charge in [-0.1, -0.05) is 23.9 Å². The molecule has 1 atom stereocenters. The molecule has 3 aliphatic rings. The van der Waals surface area contributed by atoms with Gasteiger partial charge in [-0.05, 0) is 54.3 Å². The molecule has 6 heterocycles. The molecule has 1 aromatic carbocycles. The highest BCUT2D eigenvalue weighted by Gasteiger charge is 2.46. The van der Waals surface area contributed by atoms with Crippen LogP contribution in [0.3, 0.4) is 0 Å². The summed E-state index contributed by atoms with van der Waals surface area (Å²) in [5.41, 5.74) is 11.0. The van der Waals surface area contributed by atoms with Crippen LogP contribution in [0, 0.1) is 5.95 Å². The number of hydrogen-bond donors (Lipinski definition) is 1. The first-order chi connectivity index (χ1) is 19.5. The summed E-state index contributed by atoms with van der Waals surface area (Å²) >= 11 is 1.50. The number of rotatable bonds is 4. The van der Waals surface area contributed by atoms with E-state index in [-0.39, 0.29) is 5.75 Å². The Labute approximate surface area is 234 Å². The van der Waals surface area contributed by atoms with Crippen molar-refractivity contribution in [3.05, 3.63) is 88.9 Å². The highest BCUT2D eigenvalue weighted by Crippen LogP contribution is 2.54. The summed E-state index contributed by atoms with van der Waals surface area (Å²) in [4.78, 5) is 18.5. The van der Waals surface area contributed by atoms with Gasteiger partial charge < -0.3 is 19.9 Å². The smallest absolute Gasteiger partial charge is 0.256 e. The van der Waals surface area contributed by atoms with E-state index >= 15 is 4.39 Å². The van der Waals surface area contributed by atoms with Crippen molar-refractivity contribution in [3.63, 3.8) is 0 Å². The lowest BCUT2D eigenvalue weighted by Gasteiger charge is -2.39. The van der Waals surface area contributed by atoms with E-state index in [4.69, 9.17) is 24.9 Å². The normalized spacial score (nSPS) is 19.9. The van der Waals surface area contributed by atoms with Crippen molar-refractivity contribution < 1.29 is 18.6 Å². The van der Waals surface area contributed by atoms with E-state index in [0.29, 0.717) is 54.0 Å². The van der Waals surface area contributed by atoms with E-state index in [0.717, 1.165) is 45.5 Å². The highest BCUT2D eigenvalue weighted by atomic mass is 32.2. The standard InChI is InChI=1S/C30H26FN5O3S/c1-37-20-13-18-6-8-33-24(26(18)34-15-20)12-17-4-5-25-21(11-17)30(7-10-40-29(32)36-30)22-14-23(19-3-2-9-38-16-19)35-28(31)27(22)39-25/h3-6,8,11,13-15H,2,7,9-10,12,16H2,1H3,(H2,32,36)/t30-/m0/s1. The maximum atomic E-state index is 15.6. The molecule has 0 amide bonds. The molecule has 0 aliphatic carbocycles. The predicted molar refractivity (Wildman–Crippen MR) is 152 cm³/mol. The zero-order valence-corrected chi connectivity index (χ0v) is 22.6. The van der Waals surface area contributed by atoms with E-state index in [1.807, 2.05) is 30.3 Å². The lowest BCUT2D eigenvalue weighted by Crippen LogP contribution is -2.36. The third-order valence-corrected chi connectivity index (χ3v) is 8.39. The van der Waals surface area contributed by atoms with Gasteiger partial charge in [-0.3, -0.25) is 9.97 Å². The molecule has 40 heavy (non-hydrogen) atoms. The van der Waals surface area contributed by atoms with Gasteiger partial charge in [-0.15, -0.1) is 0 Å². The average molecular weight is 556 g/mol. The molecule has 8 nitrogen and oxygen atoms in total. The number of thioether (sulfide) groups is 1. The Kier molecular flexibility index (Phi) is 6.16. The third-order valence-electron chi connectivity index (χ3n) is 7.59. The summed E-state index contributed by atoms with van der Waals surface area (Å²) in [7, 11) is 1.62. The monoisotopic (exact) mass is 555 g/mol. The molecule has 0 saturated carbocycles. The molecular weight excluding hydrogens is 529 g/mol. The molecule has 202 valence electrons. The maximum absolute atomic E-state index is 15.6. The molecular formula is C30H26FN5O3S. The number of fused-ring (bicyclic) bond motifs is 5. The van der Waals surface area contributed by atoms with Gasteiger partial charge in [0.1, 0.15) is 17.0 Å². The van der Waals surface area contributed by atoms with Crippen LogP contribution in [-0.4, -0.2) is 46.2 Å². The SMILES string of the molecule is COc1cnc2c(Cc3ccc4c(c3)[C@@]3(CCSC(N)=N3)c3cc(C5=CCCOC5)nc(F)c3O4)nccc2c1. The number of aromatic nitrogens is 3. The van der Waals surface area contributed by atoms with Crippen LogP contribution in [0.4, 0.5) is 4.39 Å². The molecule has 0 bridgehead atoms. The fraction of sp³-hybridized carbons (Fsp3) is 0.267. The number of hydrogen-bond acceptors (Lipinski definition) is 9. The Morgan fingerprint density at radius 1 is 1.15 bits per heavy atom. The third kappa shape index (κ3) is 4.18. The van der Waals surface area contributed by atoms with Crippen LogP contribution >= 0.6 is 11.8 Å². The van der Waals surface area contributed by atoms with Crippen LogP contribution in [0.5, 0.6) is 17.2 Å². The van der Waals surface area contributed by atoms with Crippen LogP contribution in [0.2, 0.25) is 0 Å². The van der Waals surface area contributed by atoms with Gasteiger partial charge in [0.2, 0.25) is 0 Å². The zero-order chi connectivity index (χ0) is 27.3. The Morgan fingerprint density at radius 2 is 2.08 bits per heavy atom. The molecule has 0 saturated heterocycles. The second-order valence-electron chi connectivity index (χ2n) is 9.97. The molecule has 1 spiro atoms. The first-order valence-electron chi connectivity index (χ1n) is 13.1. The van der Waals surface area contributed by atoms with Crippen LogP contribution in [0.15, 0.2) is 59.9 Å². The van der Waals surface area contributed by atoms with Gasteiger partial charge in [-0.25, -0.2) is 9.98 Å². The Hall–Kier alpha value is -4.02. The number of ether oxygens (including phenoxy) is 3. The molecule has 0 unspecified atom stereocenters. The van der Waals surface area contributed by atoms with Crippen molar-refractivity contribution in [2.24, 2.45) is 10.7 Å². The summed E-state index contributed by atoms with van der Waals surface area (Å²) in [5.74, 6) is 1.40. The van der Waals surface area contributed by atoms with Crippen molar-refractivity contribution in [2.45, 2.75) is 24.8 Å². The minimum absolute atomic E-state index is 0.0960. The fourth-order valence-electron chi connectivity index (χ4n) is 5.66. The highest BCUT2D eigenvalue weighted by molar-refractivity contribution is 8.13. The second kappa shape index (κ2) is 9.87. The van der Waals surface area contributed by atoms with Crippen molar-refractivity contribution in [2.75, 3.05) is 26.1 Å². The fourth-order valence-corrected chi connectivity index (χ4v) is 6.49. The van der Waals surface area contributed by atoms with E-state index in [2.05, 4.69) is 27.1 Å². The van der Waals surface area contributed by atoms with E-state index < -0.39 is 11.5 Å². The molecule has 4 aromatic rings. The number of halogens is 1. The summed E-state index contributed by atoms with van der Waals surface area (Å²) < 4.78 is 32.7.